The van der Waals surface area contributed by atoms with Gasteiger partial charge in [0.25, 0.3) is 0 Å². The molecule has 132 valence electrons. The third-order valence-corrected chi connectivity index (χ3v) is 4.28. The Labute approximate surface area is 152 Å². The maximum atomic E-state index is 13.7. The van der Waals surface area contributed by atoms with Crippen molar-refractivity contribution in [1.82, 2.24) is 5.32 Å². The Hall–Kier alpha value is -2.34. The molecule has 0 saturated heterocycles. The molecular formula is C19H21FN2O2S. The summed E-state index contributed by atoms with van der Waals surface area (Å²) in [5.74, 6) is 1.13. The van der Waals surface area contributed by atoms with Crippen LogP contribution in [0.5, 0.6) is 11.5 Å². The Morgan fingerprint density at radius 1 is 1.28 bits per heavy atom. The van der Waals surface area contributed by atoms with Gasteiger partial charge in [-0.25, -0.2) is 4.39 Å². The first-order valence-corrected chi connectivity index (χ1v) is 8.47. The van der Waals surface area contributed by atoms with Crippen molar-refractivity contribution in [2.24, 2.45) is 0 Å². The second kappa shape index (κ2) is 6.88. The van der Waals surface area contributed by atoms with Crippen LogP contribution in [0.2, 0.25) is 0 Å². The van der Waals surface area contributed by atoms with E-state index >= 15 is 0 Å². The maximum Gasteiger partial charge on any atom is 0.171 e. The number of ether oxygens (including phenoxy) is 2. The number of halogens is 1. The summed E-state index contributed by atoms with van der Waals surface area (Å²) in [4.78, 5) is 0. The van der Waals surface area contributed by atoms with E-state index in [-0.39, 0.29) is 17.5 Å². The summed E-state index contributed by atoms with van der Waals surface area (Å²) >= 11 is 5.44. The molecule has 0 bridgehead atoms. The van der Waals surface area contributed by atoms with Crippen LogP contribution < -0.4 is 20.1 Å². The second-order valence-corrected chi connectivity index (χ2v) is 7.04. The highest BCUT2D eigenvalue weighted by molar-refractivity contribution is 7.80. The molecule has 1 aliphatic heterocycles. The minimum atomic E-state index is -0.367. The Morgan fingerprint density at radius 3 is 2.84 bits per heavy atom. The van der Waals surface area contributed by atoms with Crippen LogP contribution in [0, 0.1) is 5.82 Å². The van der Waals surface area contributed by atoms with Crippen molar-refractivity contribution in [1.29, 1.82) is 0 Å². The second-order valence-electron chi connectivity index (χ2n) is 6.63. The van der Waals surface area contributed by atoms with E-state index in [1.165, 1.54) is 12.1 Å². The zero-order chi connectivity index (χ0) is 18.0. The molecule has 25 heavy (non-hydrogen) atoms. The quantitative estimate of drug-likeness (QED) is 0.793. The molecule has 0 aromatic heterocycles. The van der Waals surface area contributed by atoms with Crippen molar-refractivity contribution < 1.29 is 13.9 Å². The molecule has 1 aliphatic rings. The van der Waals surface area contributed by atoms with E-state index in [1.807, 2.05) is 38.1 Å². The molecule has 0 fully saturated rings. The molecule has 6 heteroatoms. The summed E-state index contributed by atoms with van der Waals surface area (Å²) < 4.78 is 24.8. The summed E-state index contributed by atoms with van der Waals surface area (Å²) in [5, 5.41) is 6.88. The lowest BCUT2D eigenvalue weighted by atomic mass is 9.90. The Bertz CT molecular complexity index is 795. The molecule has 2 N–H and O–H groups in total. The minimum Gasteiger partial charge on any atom is -0.497 e. The molecule has 0 saturated carbocycles. The maximum absolute atomic E-state index is 13.7. The summed E-state index contributed by atoms with van der Waals surface area (Å²) in [5.41, 5.74) is 1.23. The molecule has 0 radical (unpaired) electrons. The Kier molecular flexibility index (Phi) is 4.81. The molecule has 1 atom stereocenters. The van der Waals surface area contributed by atoms with Crippen LogP contribution in [0.15, 0.2) is 42.5 Å². The largest absolute Gasteiger partial charge is 0.497 e. The van der Waals surface area contributed by atoms with Crippen LogP contribution in [-0.4, -0.2) is 17.8 Å². The number of benzene rings is 2. The van der Waals surface area contributed by atoms with Crippen molar-refractivity contribution >= 4 is 23.0 Å². The molecular weight excluding hydrogens is 339 g/mol. The molecule has 0 unspecified atom stereocenters. The van der Waals surface area contributed by atoms with Crippen LogP contribution in [-0.2, 0) is 0 Å². The molecule has 0 spiro atoms. The van der Waals surface area contributed by atoms with Crippen molar-refractivity contribution in [3.8, 4) is 11.5 Å². The van der Waals surface area contributed by atoms with E-state index in [2.05, 4.69) is 10.6 Å². The number of nitrogens with one attached hydrogen (secondary N) is 2. The lowest BCUT2D eigenvalue weighted by molar-refractivity contribution is 0.0694. The van der Waals surface area contributed by atoms with Crippen molar-refractivity contribution in [2.45, 2.75) is 31.9 Å². The number of fused-ring (bicyclic) bond motifs is 1. The smallest absolute Gasteiger partial charge is 0.171 e. The van der Waals surface area contributed by atoms with E-state index < -0.39 is 0 Å². The third-order valence-electron chi connectivity index (χ3n) is 4.06. The van der Waals surface area contributed by atoms with Crippen LogP contribution >= 0.6 is 12.2 Å². The predicted octanol–water partition coefficient (Wildman–Crippen LogP) is 4.42. The molecule has 0 amide bonds. The molecule has 0 aliphatic carbocycles. The van der Waals surface area contributed by atoms with Gasteiger partial charge in [-0.05, 0) is 56.4 Å². The van der Waals surface area contributed by atoms with E-state index in [1.54, 1.807) is 13.2 Å². The topological polar surface area (TPSA) is 42.5 Å². The van der Waals surface area contributed by atoms with Gasteiger partial charge < -0.3 is 20.1 Å². The van der Waals surface area contributed by atoms with Crippen LogP contribution in [0.3, 0.4) is 0 Å². The molecule has 1 heterocycles. The number of anilines is 1. The van der Waals surface area contributed by atoms with Crippen LogP contribution in [0.1, 0.15) is 31.9 Å². The first kappa shape index (κ1) is 17.5. The summed E-state index contributed by atoms with van der Waals surface area (Å²) in [6.07, 6.45) is 0.670. The standard InChI is InChI=1S/C19H21FN2O2S/c1-19(2)11-16(15-9-12(20)7-8-17(15)24-19)22-18(25)21-13-5-4-6-14(10-13)23-3/h4-10,16H,11H2,1-3H3,(H2,21,22,25)/t16-/m1/s1. The zero-order valence-corrected chi connectivity index (χ0v) is 15.2. The van der Waals surface area contributed by atoms with Crippen LogP contribution in [0.4, 0.5) is 10.1 Å². The lowest BCUT2D eigenvalue weighted by Crippen LogP contribution is -2.42. The first-order valence-electron chi connectivity index (χ1n) is 8.06. The van der Waals surface area contributed by atoms with Gasteiger partial charge >= 0.3 is 0 Å². The summed E-state index contributed by atoms with van der Waals surface area (Å²) in [6.45, 7) is 4.01. The number of hydrogen-bond donors (Lipinski definition) is 2. The van der Waals surface area contributed by atoms with Crippen molar-refractivity contribution in [2.75, 3.05) is 12.4 Å². The molecule has 3 rings (SSSR count). The zero-order valence-electron chi connectivity index (χ0n) is 14.4. The highest BCUT2D eigenvalue weighted by Crippen LogP contribution is 2.39. The van der Waals surface area contributed by atoms with Crippen LogP contribution in [0.25, 0.3) is 0 Å². The number of hydrogen-bond acceptors (Lipinski definition) is 3. The fraction of sp³-hybridized carbons (Fsp3) is 0.316. The third kappa shape index (κ3) is 4.20. The molecule has 2 aromatic carbocycles. The van der Waals surface area contributed by atoms with E-state index in [0.717, 1.165) is 17.0 Å². The average Bonchev–Trinajstić information content (AvgIpc) is 2.55. The minimum absolute atomic E-state index is 0.139. The fourth-order valence-electron chi connectivity index (χ4n) is 2.98. The number of rotatable bonds is 3. The van der Waals surface area contributed by atoms with E-state index in [0.29, 0.717) is 17.3 Å². The predicted molar refractivity (Wildman–Crippen MR) is 101 cm³/mol. The van der Waals surface area contributed by atoms with Gasteiger partial charge in [0.05, 0.1) is 13.2 Å². The van der Waals surface area contributed by atoms with Gasteiger partial charge in [0.2, 0.25) is 0 Å². The molecule has 4 nitrogen and oxygen atoms in total. The van der Waals surface area contributed by atoms with Gasteiger partial charge in [-0.1, -0.05) is 6.07 Å². The van der Waals surface area contributed by atoms with Gasteiger partial charge in [0.1, 0.15) is 22.9 Å². The Balaban J connectivity index is 1.77. The normalized spacial score (nSPS) is 17.8. The Morgan fingerprint density at radius 2 is 2.08 bits per heavy atom. The van der Waals surface area contributed by atoms with Crippen molar-refractivity contribution in [3.05, 3.63) is 53.8 Å². The summed E-state index contributed by atoms with van der Waals surface area (Å²) in [6, 6.07) is 11.9. The van der Waals surface area contributed by atoms with Gasteiger partial charge in [-0.2, -0.15) is 0 Å². The highest BCUT2D eigenvalue weighted by Gasteiger charge is 2.34. The lowest BCUT2D eigenvalue weighted by Gasteiger charge is -2.38. The highest BCUT2D eigenvalue weighted by atomic mass is 32.1. The van der Waals surface area contributed by atoms with Crippen molar-refractivity contribution in [3.63, 3.8) is 0 Å². The van der Waals surface area contributed by atoms with Gasteiger partial charge in [0.15, 0.2) is 5.11 Å². The van der Waals surface area contributed by atoms with E-state index in [9.17, 15) is 4.39 Å². The first-order chi connectivity index (χ1) is 11.9. The fourth-order valence-corrected chi connectivity index (χ4v) is 3.24. The van der Waals surface area contributed by atoms with E-state index in [4.69, 9.17) is 21.7 Å². The SMILES string of the molecule is COc1cccc(NC(=S)N[C@@H]2CC(C)(C)Oc3ccc(F)cc32)c1. The average molecular weight is 360 g/mol. The molecule has 2 aromatic rings. The number of thiocarbonyl (C=S) groups is 1. The van der Waals surface area contributed by atoms with Gasteiger partial charge in [-0.3, -0.25) is 0 Å². The van der Waals surface area contributed by atoms with Gasteiger partial charge in [-0.15, -0.1) is 0 Å². The summed E-state index contributed by atoms with van der Waals surface area (Å²) in [7, 11) is 1.62. The number of methoxy groups -OCH3 is 1. The van der Waals surface area contributed by atoms with Gasteiger partial charge in [0, 0.05) is 23.7 Å². The monoisotopic (exact) mass is 360 g/mol.